The first-order valence-corrected chi connectivity index (χ1v) is 10.9. The summed E-state index contributed by atoms with van der Waals surface area (Å²) in [5, 5.41) is 3.05. The molecule has 3 aromatic carbocycles. The molecule has 0 spiro atoms. The molecule has 4 rings (SSSR count). The number of fused-ring (bicyclic) bond motifs is 1. The highest BCUT2D eigenvalue weighted by Gasteiger charge is 2.16. The topological polar surface area (TPSA) is 32.3 Å². The van der Waals surface area contributed by atoms with Gasteiger partial charge in [-0.2, -0.15) is 0 Å². The van der Waals surface area contributed by atoms with E-state index >= 15 is 0 Å². The van der Waals surface area contributed by atoms with E-state index in [1.165, 1.54) is 34.4 Å². The third-order valence-electron chi connectivity index (χ3n) is 5.84. The number of carbonyl (C=O) groups excluding carboxylic acids is 1. The lowest BCUT2D eigenvalue weighted by molar-refractivity contribution is 0.0953. The molecule has 3 aromatic rings. The SMILES string of the molecule is Cc1ccc(CCCNC(=O)c2ccc(CN3CCCc4ccccc43)cc2)cc1. The van der Waals surface area contributed by atoms with Gasteiger partial charge in [0.1, 0.15) is 0 Å². The van der Waals surface area contributed by atoms with Gasteiger partial charge in [-0.3, -0.25) is 4.79 Å². The smallest absolute Gasteiger partial charge is 0.251 e. The molecule has 3 heteroatoms. The molecule has 0 unspecified atom stereocenters. The van der Waals surface area contributed by atoms with Gasteiger partial charge in [-0.15, -0.1) is 0 Å². The van der Waals surface area contributed by atoms with Gasteiger partial charge in [-0.05, 0) is 67.5 Å². The van der Waals surface area contributed by atoms with Crippen LogP contribution in [-0.2, 0) is 19.4 Å². The summed E-state index contributed by atoms with van der Waals surface area (Å²) >= 11 is 0. The van der Waals surface area contributed by atoms with Crippen molar-refractivity contribution < 1.29 is 4.79 Å². The van der Waals surface area contributed by atoms with Crippen LogP contribution in [0.2, 0.25) is 0 Å². The summed E-state index contributed by atoms with van der Waals surface area (Å²) in [6.07, 6.45) is 4.29. The van der Waals surface area contributed by atoms with Crippen molar-refractivity contribution in [2.24, 2.45) is 0 Å². The summed E-state index contributed by atoms with van der Waals surface area (Å²) in [5.74, 6) is 0.00812. The third-order valence-corrected chi connectivity index (χ3v) is 5.84. The Balaban J connectivity index is 1.27. The first kappa shape index (κ1) is 20.2. The lowest BCUT2D eigenvalue weighted by Crippen LogP contribution is -2.28. The lowest BCUT2D eigenvalue weighted by atomic mass is 10.0. The number of hydrogen-bond acceptors (Lipinski definition) is 2. The number of benzene rings is 3. The molecule has 0 saturated carbocycles. The quantitative estimate of drug-likeness (QED) is 0.547. The van der Waals surface area contributed by atoms with E-state index in [1.54, 1.807) is 0 Å². The van der Waals surface area contributed by atoms with Crippen LogP contribution in [-0.4, -0.2) is 19.0 Å². The first-order chi connectivity index (χ1) is 14.7. The van der Waals surface area contributed by atoms with E-state index in [0.29, 0.717) is 6.54 Å². The zero-order valence-electron chi connectivity index (χ0n) is 17.7. The Labute approximate surface area is 179 Å². The fourth-order valence-corrected chi connectivity index (χ4v) is 4.11. The maximum Gasteiger partial charge on any atom is 0.251 e. The van der Waals surface area contributed by atoms with Crippen LogP contribution in [0.5, 0.6) is 0 Å². The van der Waals surface area contributed by atoms with Crippen molar-refractivity contribution in [1.29, 1.82) is 0 Å². The van der Waals surface area contributed by atoms with Gasteiger partial charge in [-0.1, -0.05) is 60.2 Å². The Morgan fingerprint density at radius 1 is 0.933 bits per heavy atom. The number of nitrogens with zero attached hydrogens (tertiary/aromatic N) is 1. The maximum atomic E-state index is 12.4. The van der Waals surface area contributed by atoms with Gasteiger partial charge in [0, 0.05) is 30.9 Å². The third kappa shape index (κ3) is 5.10. The Bertz CT molecular complexity index is 977. The molecule has 154 valence electrons. The van der Waals surface area contributed by atoms with E-state index in [2.05, 4.69) is 77.8 Å². The average molecular weight is 399 g/mol. The van der Waals surface area contributed by atoms with Gasteiger partial charge in [-0.25, -0.2) is 0 Å². The number of carbonyl (C=O) groups is 1. The highest BCUT2D eigenvalue weighted by molar-refractivity contribution is 5.94. The van der Waals surface area contributed by atoms with Crippen LogP contribution in [0.25, 0.3) is 0 Å². The summed E-state index contributed by atoms with van der Waals surface area (Å²) in [5.41, 5.74) is 7.35. The van der Waals surface area contributed by atoms with Crippen LogP contribution in [0.3, 0.4) is 0 Å². The van der Waals surface area contributed by atoms with E-state index in [-0.39, 0.29) is 5.91 Å². The molecule has 1 heterocycles. The molecule has 1 N–H and O–H groups in total. The number of anilines is 1. The summed E-state index contributed by atoms with van der Waals surface area (Å²) in [6, 6.07) is 25.3. The number of hydrogen-bond donors (Lipinski definition) is 1. The van der Waals surface area contributed by atoms with Crippen LogP contribution in [0.15, 0.2) is 72.8 Å². The molecule has 1 amide bonds. The van der Waals surface area contributed by atoms with Crippen LogP contribution < -0.4 is 10.2 Å². The number of nitrogens with one attached hydrogen (secondary N) is 1. The molecular formula is C27H30N2O. The van der Waals surface area contributed by atoms with Crippen molar-refractivity contribution in [2.75, 3.05) is 18.0 Å². The molecule has 0 fully saturated rings. The lowest BCUT2D eigenvalue weighted by Gasteiger charge is -2.31. The molecule has 1 aliphatic rings. The Hall–Kier alpha value is -3.07. The average Bonchev–Trinajstić information content (AvgIpc) is 2.78. The van der Waals surface area contributed by atoms with Gasteiger partial charge in [0.25, 0.3) is 5.91 Å². The summed E-state index contributed by atoms with van der Waals surface area (Å²) in [6.45, 7) is 4.76. The van der Waals surface area contributed by atoms with Crippen LogP contribution >= 0.6 is 0 Å². The van der Waals surface area contributed by atoms with Crippen molar-refractivity contribution >= 4 is 11.6 Å². The van der Waals surface area contributed by atoms with Crippen LogP contribution in [0, 0.1) is 6.92 Å². The standard InChI is InChI=1S/C27H30N2O/c1-21-10-12-22(13-11-21)6-4-18-28-27(30)25-16-14-23(15-17-25)20-29-19-5-8-24-7-2-3-9-26(24)29/h2-3,7,9-17H,4-6,8,18-20H2,1H3,(H,28,30). The van der Waals surface area contributed by atoms with E-state index in [4.69, 9.17) is 0 Å². The van der Waals surface area contributed by atoms with Crippen LogP contribution in [0.1, 0.15) is 45.5 Å². The molecule has 0 radical (unpaired) electrons. The van der Waals surface area contributed by atoms with Crippen molar-refractivity contribution in [3.05, 3.63) is 101 Å². The minimum absolute atomic E-state index is 0.00812. The van der Waals surface area contributed by atoms with Crippen molar-refractivity contribution in [2.45, 2.75) is 39.2 Å². The zero-order valence-corrected chi connectivity index (χ0v) is 17.7. The molecule has 1 aliphatic heterocycles. The highest BCUT2D eigenvalue weighted by atomic mass is 16.1. The summed E-state index contributed by atoms with van der Waals surface area (Å²) < 4.78 is 0. The molecule has 0 aromatic heterocycles. The zero-order chi connectivity index (χ0) is 20.8. The molecular weight excluding hydrogens is 368 g/mol. The van der Waals surface area contributed by atoms with Gasteiger partial charge in [0.05, 0.1) is 0 Å². The minimum atomic E-state index is 0.00812. The van der Waals surface area contributed by atoms with Crippen molar-refractivity contribution in [3.63, 3.8) is 0 Å². The van der Waals surface area contributed by atoms with Gasteiger partial charge in [0.2, 0.25) is 0 Å². The molecule has 0 atom stereocenters. The number of aryl methyl sites for hydroxylation is 3. The second-order valence-corrected chi connectivity index (χ2v) is 8.20. The fraction of sp³-hybridized carbons (Fsp3) is 0.296. The number of rotatable bonds is 7. The van der Waals surface area contributed by atoms with Gasteiger partial charge >= 0.3 is 0 Å². The predicted octanol–water partition coefficient (Wildman–Crippen LogP) is 5.31. The van der Waals surface area contributed by atoms with Gasteiger partial charge < -0.3 is 10.2 Å². The molecule has 0 aliphatic carbocycles. The van der Waals surface area contributed by atoms with E-state index in [0.717, 1.165) is 37.9 Å². The molecule has 0 bridgehead atoms. The van der Waals surface area contributed by atoms with E-state index < -0.39 is 0 Å². The largest absolute Gasteiger partial charge is 0.367 e. The second kappa shape index (κ2) is 9.62. The van der Waals surface area contributed by atoms with E-state index in [9.17, 15) is 4.79 Å². The Morgan fingerprint density at radius 3 is 2.47 bits per heavy atom. The van der Waals surface area contributed by atoms with Crippen molar-refractivity contribution in [3.8, 4) is 0 Å². The van der Waals surface area contributed by atoms with Gasteiger partial charge in [0.15, 0.2) is 0 Å². The van der Waals surface area contributed by atoms with E-state index in [1.807, 2.05) is 12.1 Å². The molecule has 0 saturated heterocycles. The summed E-state index contributed by atoms with van der Waals surface area (Å²) in [4.78, 5) is 14.9. The first-order valence-electron chi connectivity index (χ1n) is 10.9. The summed E-state index contributed by atoms with van der Waals surface area (Å²) in [7, 11) is 0. The normalized spacial score (nSPS) is 13.0. The minimum Gasteiger partial charge on any atom is -0.367 e. The molecule has 3 nitrogen and oxygen atoms in total. The highest BCUT2D eigenvalue weighted by Crippen LogP contribution is 2.28. The Morgan fingerprint density at radius 2 is 1.67 bits per heavy atom. The number of amides is 1. The molecule has 30 heavy (non-hydrogen) atoms. The van der Waals surface area contributed by atoms with Crippen molar-refractivity contribution in [1.82, 2.24) is 5.32 Å². The number of para-hydroxylation sites is 1. The maximum absolute atomic E-state index is 12.4. The monoisotopic (exact) mass is 398 g/mol. The predicted molar refractivity (Wildman–Crippen MR) is 124 cm³/mol. The second-order valence-electron chi connectivity index (χ2n) is 8.20. The van der Waals surface area contributed by atoms with Crippen LogP contribution in [0.4, 0.5) is 5.69 Å². The Kier molecular flexibility index (Phi) is 6.48. The fourth-order valence-electron chi connectivity index (χ4n) is 4.11.